The number of rotatable bonds is 8. The van der Waals surface area contributed by atoms with Crippen molar-refractivity contribution in [3.63, 3.8) is 0 Å². The van der Waals surface area contributed by atoms with E-state index >= 15 is 0 Å². The first-order valence-corrected chi connectivity index (χ1v) is 9.82. The fourth-order valence-electron chi connectivity index (χ4n) is 2.76. The van der Waals surface area contributed by atoms with Crippen LogP contribution in [0.1, 0.15) is 40.1 Å². The minimum absolute atomic E-state index is 0.104. The molecular weight excluding hydrogens is 394 g/mol. The van der Waals surface area contributed by atoms with Crippen LogP contribution in [0.4, 0.5) is 5.69 Å². The van der Waals surface area contributed by atoms with Crippen molar-refractivity contribution in [3.8, 4) is 5.75 Å². The highest BCUT2D eigenvalue weighted by Crippen LogP contribution is 2.15. The molecule has 1 amide bonds. The molecule has 3 aromatic carbocycles. The molecule has 0 aliphatic heterocycles. The third-order valence-corrected chi connectivity index (χ3v) is 4.53. The number of para-hydroxylation sites is 1. The zero-order chi connectivity index (χ0) is 22.2. The molecule has 31 heavy (non-hydrogen) atoms. The van der Waals surface area contributed by atoms with E-state index in [0.29, 0.717) is 23.4 Å². The van der Waals surface area contributed by atoms with E-state index < -0.39 is 18.0 Å². The molecule has 1 atom stereocenters. The number of nitrogens with one attached hydrogen (secondary N) is 1. The second-order valence-electron chi connectivity index (χ2n) is 6.97. The number of hydrogen-bond acceptors (Lipinski definition) is 5. The topological polar surface area (TPSA) is 81.7 Å². The Labute approximate surface area is 180 Å². The zero-order valence-electron chi connectivity index (χ0n) is 17.3. The summed E-state index contributed by atoms with van der Waals surface area (Å²) in [5.74, 6) is -0.426. The van der Waals surface area contributed by atoms with Crippen LogP contribution in [0.25, 0.3) is 0 Å². The number of carbonyl (C=O) groups excluding carboxylic acids is 3. The van der Waals surface area contributed by atoms with Crippen molar-refractivity contribution < 1.29 is 23.9 Å². The van der Waals surface area contributed by atoms with Gasteiger partial charge in [0.15, 0.2) is 11.9 Å². The normalized spacial score (nSPS) is 11.3. The maximum Gasteiger partial charge on any atom is 0.338 e. The largest absolute Gasteiger partial charge is 0.489 e. The lowest BCUT2D eigenvalue weighted by Gasteiger charge is -2.14. The first kappa shape index (κ1) is 21.8. The number of amides is 1. The Morgan fingerprint density at radius 1 is 0.871 bits per heavy atom. The van der Waals surface area contributed by atoms with Crippen molar-refractivity contribution in [2.75, 3.05) is 5.32 Å². The smallest absolute Gasteiger partial charge is 0.338 e. The van der Waals surface area contributed by atoms with Crippen LogP contribution in [0, 0.1) is 0 Å². The van der Waals surface area contributed by atoms with Gasteiger partial charge in [0.25, 0.3) is 5.91 Å². The van der Waals surface area contributed by atoms with E-state index in [0.717, 1.165) is 11.3 Å². The second-order valence-corrected chi connectivity index (χ2v) is 6.97. The van der Waals surface area contributed by atoms with Gasteiger partial charge in [0.1, 0.15) is 12.4 Å². The van der Waals surface area contributed by atoms with Crippen molar-refractivity contribution in [2.45, 2.75) is 26.6 Å². The molecule has 3 aromatic rings. The summed E-state index contributed by atoms with van der Waals surface area (Å²) in [6.07, 6.45) is -1.01. The molecule has 3 rings (SSSR count). The van der Waals surface area contributed by atoms with Gasteiger partial charge < -0.3 is 14.8 Å². The van der Waals surface area contributed by atoms with Crippen molar-refractivity contribution in [1.29, 1.82) is 0 Å². The molecule has 1 N–H and O–H groups in total. The van der Waals surface area contributed by atoms with Crippen LogP contribution < -0.4 is 10.1 Å². The molecule has 0 saturated heterocycles. The Balaban J connectivity index is 1.53. The highest BCUT2D eigenvalue weighted by atomic mass is 16.5. The third-order valence-electron chi connectivity index (χ3n) is 4.53. The Morgan fingerprint density at radius 3 is 2.26 bits per heavy atom. The molecule has 0 aliphatic rings. The maximum atomic E-state index is 12.4. The molecule has 0 bridgehead atoms. The number of anilines is 1. The molecule has 0 saturated carbocycles. The molecule has 0 aliphatic carbocycles. The predicted octanol–water partition coefficient (Wildman–Crippen LogP) is 4.65. The molecule has 0 radical (unpaired) electrons. The molecule has 0 spiro atoms. The lowest BCUT2D eigenvalue weighted by atomic mass is 10.1. The minimum atomic E-state index is -1.01. The Morgan fingerprint density at radius 2 is 1.58 bits per heavy atom. The summed E-state index contributed by atoms with van der Waals surface area (Å²) in [6, 6.07) is 22.8. The van der Waals surface area contributed by atoms with E-state index in [4.69, 9.17) is 9.47 Å². The third kappa shape index (κ3) is 6.27. The molecule has 0 aromatic heterocycles. The summed E-state index contributed by atoms with van der Waals surface area (Å²) >= 11 is 0. The number of ether oxygens (including phenoxy) is 2. The van der Waals surface area contributed by atoms with Crippen LogP contribution in [-0.2, 0) is 16.1 Å². The van der Waals surface area contributed by atoms with Crippen molar-refractivity contribution in [1.82, 2.24) is 0 Å². The standard InChI is InChI=1S/C25H23NO5/c1-17(27)21-7-6-8-22(15-21)26-24(28)18(2)31-25(29)20-13-11-19(12-14-20)16-30-23-9-4-3-5-10-23/h3-15,18H,16H2,1-2H3,(H,26,28)/t18-/m1/s1. The number of Topliss-reactive ketones (excluding diaryl/α,β-unsaturated/α-hetero) is 1. The first-order valence-electron chi connectivity index (χ1n) is 9.82. The fraction of sp³-hybridized carbons (Fsp3) is 0.160. The first-order chi connectivity index (χ1) is 14.9. The summed E-state index contributed by atoms with van der Waals surface area (Å²) in [5.41, 5.74) is 2.18. The van der Waals surface area contributed by atoms with Crippen LogP contribution in [0.15, 0.2) is 78.9 Å². The minimum Gasteiger partial charge on any atom is -0.489 e. The van der Waals surface area contributed by atoms with Crippen molar-refractivity contribution >= 4 is 23.3 Å². The average Bonchev–Trinajstić information content (AvgIpc) is 2.78. The number of ketones is 1. The summed E-state index contributed by atoms with van der Waals surface area (Å²) in [6.45, 7) is 3.31. The van der Waals surface area contributed by atoms with E-state index in [1.165, 1.54) is 13.8 Å². The average molecular weight is 417 g/mol. The van der Waals surface area contributed by atoms with Crippen molar-refractivity contribution in [3.05, 3.63) is 95.6 Å². The predicted molar refractivity (Wildman–Crippen MR) is 117 cm³/mol. The highest BCUT2D eigenvalue weighted by molar-refractivity contribution is 5.99. The Hall–Kier alpha value is -3.93. The van der Waals surface area contributed by atoms with Gasteiger partial charge >= 0.3 is 5.97 Å². The molecular formula is C25H23NO5. The van der Waals surface area contributed by atoms with E-state index in [9.17, 15) is 14.4 Å². The molecule has 6 nitrogen and oxygen atoms in total. The number of carbonyl (C=O) groups is 3. The lowest BCUT2D eigenvalue weighted by Crippen LogP contribution is -2.30. The Bertz CT molecular complexity index is 1060. The molecule has 0 heterocycles. The van der Waals surface area contributed by atoms with Gasteiger partial charge in [-0.05, 0) is 55.8 Å². The van der Waals surface area contributed by atoms with Crippen LogP contribution in [0.2, 0.25) is 0 Å². The van der Waals surface area contributed by atoms with Crippen LogP contribution in [0.3, 0.4) is 0 Å². The number of hydrogen-bond donors (Lipinski definition) is 1. The number of benzene rings is 3. The highest BCUT2D eigenvalue weighted by Gasteiger charge is 2.19. The van der Waals surface area contributed by atoms with Gasteiger partial charge in [-0.15, -0.1) is 0 Å². The quantitative estimate of drug-likeness (QED) is 0.426. The van der Waals surface area contributed by atoms with E-state index in [2.05, 4.69) is 5.32 Å². The summed E-state index contributed by atoms with van der Waals surface area (Å²) in [7, 11) is 0. The lowest BCUT2D eigenvalue weighted by molar-refractivity contribution is -0.123. The van der Waals surface area contributed by atoms with Gasteiger partial charge in [-0.2, -0.15) is 0 Å². The van der Waals surface area contributed by atoms with Gasteiger partial charge in [-0.25, -0.2) is 4.79 Å². The Kier molecular flexibility index (Phi) is 7.17. The van der Waals surface area contributed by atoms with Crippen LogP contribution in [0.5, 0.6) is 5.75 Å². The van der Waals surface area contributed by atoms with Gasteiger partial charge in [0, 0.05) is 11.3 Å². The fourth-order valence-corrected chi connectivity index (χ4v) is 2.76. The van der Waals surface area contributed by atoms with Gasteiger partial charge in [-0.3, -0.25) is 9.59 Å². The monoisotopic (exact) mass is 417 g/mol. The summed E-state index contributed by atoms with van der Waals surface area (Å²) in [5, 5.41) is 2.65. The summed E-state index contributed by atoms with van der Waals surface area (Å²) in [4.78, 5) is 36.2. The van der Waals surface area contributed by atoms with Crippen LogP contribution >= 0.6 is 0 Å². The van der Waals surface area contributed by atoms with Crippen molar-refractivity contribution in [2.24, 2.45) is 0 Å². The van der Waals surface area contributed by atoms with E-state index in [1.807, 2.05) is 30.3 Å². The van der Waals surface area contributed by atoms with E-state index in [1.54, 1.807) is 48.5 Å². The number of esters is 1. The molecule has 6 heteroatoms. The molecule has 0 fully saturated rings. The SMILES string of the molecule is CC(=O)c1cccc(NC(=O)[C@@H](C)OC(=O)c2ccc(COc3ccccc3)cc2)c1. The molecule has 158 valence electrons. The second kappa shape index (κ2) is 10.2. The van der Waals surface area contributed by atoms with Gasteiger partial charge in [0.2, 0.25) is 0 Å². The van der Waals surface area contributed by atoms with Gasteiger partial charge in [-0.1, -0.05) is 42.5 Å². The van der Waals surface area contributed by atoms with Gasteiger partial charge in [0.05, 0.1) is 5.56 Å². The summed E-state index contributed by atoms with van der Waals surface area (Å²) < 4.78 is 10.9. The van der Waals surface area contributed by atoms with E-state index in [-0.39, 0.29) is 5.78 Å². The van der Waals surface area contributed by atoms with Crippen LogP contribution in [-0.4, -0.2) is 23.8 Å². The molecule has 0 unspecified atom stereocenters. The maximum absolute atomic E-state index is 12.4. The zero-order valence-corrected chi connectivity index (χ0v) is 17.3.